The minimum Gasteiger partial charge on any atom is -0.334 e. The van der Waals surface area contributed by atoms with Gasteiger partial charge in [-0.2, -0.15) is 15.0 Å². The highest BCUT2D eigenvalue weighted by Crippen LogP contribution is 2.30. The van der Waals surface area contributed by atoms with Crippen LogP contribution in [0.3, 0.4) is 0 Å². The van der Waals surface area contributed by atoms with Crippen LogP contribution in [-0.4, -0.2) is 51.0 Å². The molecule has 7 heteroatoms. The van der Waals surface area contributed by atoms with Crippen LogP contribution in [0.2, 0.25) is 0 Å². The van der Waals surface area contributed by atoms with E-state index in [0.717, 1.165) is 13.0 Å². The first kappa shape index (κ1) is 15.3. The lowest BCUT2D eigenvalue weighted by Gasteiger charge is -2.40. The van der Waals surface area contributed by atoms with Crippen LogP contribution in [0.15, 0.2) is 30.6 Å². The number of hydrogen-bond acceptors (Lipinski definition) is 4. The van der Waals surface area contributed by atoms with Crippen molar-refractivity contribution < 1.29 is 9.18 Å². The molecule has 0 saturated carbocycles. The first-order valence-corrected chi connectivity index (χ1v) is 8.34. The van der Waals surface area contributed by atoms with Gasteiger partial charge in [0, 0.05) is 18.6 Å². The minimum atomic E-state index is -0.434. The van der Waals surface area contributed by atoms with Gasteiger partial charge in [-0.3, -0.25) is 4.79 Å². The highest BCUT2D eigenvalue weighted by molar-refractivity contribution is 5.98. The highest BCUT2D eigenvalue weighted by Gasteiger charge is 2.38. The second kappa shape index (κ2) is 5.98. The van der Waals surface area contributed by atoms with Gasteiger partial charge in [0.1, 0.15) is 5.82 Å². The third kappa shape index (κ3) is 2.58. The number of nitrogens with zero attached hydrogens (tertiary/aromatic N) is 4. The van der Waals surface area contributed by atoms with Crippen molar-refractivity contribution >= 4 is 5.91 Å². The largest absolute Gasteiger partial charge is 0.334 e. The van der Waals surface area contributed by atoms with Gasteiger partial charge in [-0.1, -0.05) is 0 Å². The van der Waals surface area contributed by atoms with Crippen molar-refractivity contribution in [2.75, 3.05) is 13.1 Å². The predicted octanol–water partition coefficient (Wildman–Crippen LogP) is 1.62. The number of hydrogen-bond donors (Lipinski definition) is 1. The molecule has 4 rings (SSSR count). The maximum Gasteiger partial charge on any atom is 0.256 e. The molecule has 0 unspecified atom stereocenters. The number of fused-ring (bicyclic) bond motifs is 1. The van der Waals surface area contributed by atoms with Crippen molar-refractivity contribution in [1.29, 1.82) is 0 Å². The minimum absolute atomic E-state index is 0.139. The third-order valence-corrected chi connectivity index (χ3v) is 5.14. The Kier molecular flexibility index (Phi) is 3.80. The molecule has 1 aromatic heterocycles. The van der Waals surface area contributed by atoms with E-state index in [9.17, 15) is 9.18 Å². The van der Waals surface area contributed by atoms with E-state index in [-0.39, 0.29) is 11.9 Å². The highest BCUT2D eigenvalue weighted by atomic mass is 19.1. The zero-order chi connectivity index (χ0) is 16.7. The Bertz CT molecular complexity index is 747. The number of aromatic nitrogens is 3. The lowest BCUT2D eigenvalue weighted by molar-refractivity contribution is 0.0545. The van der Waals surface area contributed by atoms with E-state index in [1.54, 1.807) is 6.07 Å². The molecule has 2 aliphatic rings. The molecule has 0 radical (unpaired) electrons. The van der Waals surface area contributed by atoms with Crippen LogP contribution >= 0.6 is 0 Å². The Balaban J connectivity index is 1.68. The van der Waals surface area contributed by atoms with Crippen LogP contribution in [0.4, 0.5) is 4.39 Å². The van der Waals surface area contributed by atoms with Gasteiger partial charge in [0.05, 0.1) is 23.6 Å². The smallest absolute Gasteiger partial charge is 0.256 e. The number of nitrogens with one attached hydrogen (secondary N) is 1. The molecule has 2 fully saturated rings. The van der Waals surface area contributed by atoms with E-state index in [4.69, 9.17) is 0 Å². The summed E-state index contributed by atoms with van der Waals surface area (Å²) in [6.07, 6.45) is 5.22. The third-order valence-electron chi connectivity index (χ3n) is 5.14. The molecular weight excluding hydrogens is 309 g/mol. The van der Waals surface area contributed by atoms with Crippen LogP contribution in [0.25, 0.3) is 5.69 Å². The van der Waals surface area contributed by atoms with Crippen molar-refractivity contribution in [3.8, 4) is 5.69 Å². The summed E-state index contributed by atoms with van der Waals surface area (Å²) in [5, 5.41) is 11.6. The van der Waals surface area contributed by atoms with Gasteiger partial charge in [0.25, 0.3) is 5.91 Å². The monoisotopic (exact) mass is 329 g/mol. The number of halogens is 1. The maximum atomic E-state index is 13.8. The number of benzene rings is 1. The van der Waals surface area contributed by atoms with Crippen LogP contribution in [0, 0.1) is 11.7 Å². The molecule has 0 spiro atoms. The molecule has 2 aromatic rings. The lowest BCUT2D eigenvalue weighted by Crippen LogP contribution is -2.53. The second-order valence-electron chi connectivity index (χ2n) is 6.63. The summed E-state index contributed by atoms with van der Waals surface area (Å²) in [5.41, 5.74) is 0.801. The average molecular weight is 329 g/mol. The van der Waals surface area contributed by atoms with E-state index in [2.05, 4.69) is 22.4 Å². The topological polar surface area (TPSA) is 63.1 Å². The van der Waals surface area contributed by atoms with E-state index < -0.39 is 5.82 Å². The SMILES string of the molecule is C[C@@H]1C[C@H]2CCN[C@H]2CN1C(=O)c1cc(F)ccc1-n1nccn1. The summed E-state index contributed by atoms with van der Waals surface area (Å²) in [4.78, 5) is 16.3. The molecule has 1 aromatic carbocycles. The number of piperidine rings is 1. The van der Waals surface area contributed by atoms with Gasteiger partial charge in [-0.05, 0) is 50.4 Å². The normalized spacial score (nSPS) is 26.4. The molecule has 3 atom stereocenters. The van der Waals surface area contributed by atoms with Gasteiger partial charge >= 0.3 is 0 Å². The molecule has 6 nitrogen and oxygen atoms in total. The predicted molar refractivity (Wildman–Crippen MR) is 86.3 cm³/mol. The maximum absolute atomic E-state index is 13.8. The second-order valence-corrected chi connectivity index (χ2v) is 6.63. The molecule has 2 aliphatic heterocycles. The van der Waals surface area contributed by atoms with Crippen molar-refractivity contribution in [2.45, 2.75) is 31.8 Å². The quantitative estimate of drug-likeness (QED) is 0.909. The zero-order valence-corrected chi connectivity index (χ0v) is 13.5. The van der Waals surface area contributed by atoms with E-state index in [1.165, 1.54) is 35.7 Å². The Hall–Kier alpha value is -2.28. The zero-order valence-electron chi connectivity index (χ0n) is 13.5. The fraction of sp³-hybridized carbons (Fsp3) is 0.471. The van der Waals surface area contributed by atoms with Crippen LogP contribution in [0.5, 0.6) is 0 Å². The molecule has 0 aliphatic carbocycles. The van der Waals surface area contributed by atoms with Crippen molar-refractivity contribution in [3.05, 3.63) is 42.0 Å². The molecule has 126 valence electrons. The van der Waals surface area contributed by atoms with Crippen LogP contribution in [0.1, 0.15) is 30.1 Å². The standard InChI is InChI=1S/C17H20FN5O/c1-11-8-12-4-5-19-15(12)10-22(11)17(24)14-9-13(18)2-3-16(14)23-20-6-7-21-23/h2-3,6-7,9,11-12,15,19H,4-5,8,10H2,1H3/t11-,12-,15+/m1/s1. The molecule has 2 saturated heterocycles. The summed E-state index contributed by atoms with van der Waals surface area (Å²) in [7, 11) is 0. The molecule has 1 N–H and O–H groups in total. The Morgan fingerprint density at radius 1 is 1.33 bits per heavy atom. The average Bonchev–Trinajstić information content (AvgIpc) is 3.24. The summed E-state index contributed by atoms with van der Waals surface area (Å²) in [5.74, 6) is 0.0287. The summed E-state index contributed by atoms with van der Waals surface area (Å²) < 4.78 is 13.8. The van der Waals surface area contributed by atoms with Gasteiger partial charge in [0.2, 0.25) is 0 Å². The fourth-order valence-corrected chi connectivity index (χ4v) is 3.91. The van der Waals surface area contributed by atoms with Gasteiger partial charge in [-0.25, -0.2) is 4.39 Å². The molecule has 0 bridgehead atoms. The summed E-state index contributed by atoms with van der Waals surface area (Å²) in [6, 6.07) is 4.63. The van der Waals surface area contributed by atoms with Gasteiger partial charge < -0.3 is 10.2 Å². The Morgan fingerprint density at radius 3 is 2.92 bits per heavy atom. The molecule has 24 heavy (non-hydrogen) atoms. The van der Waals surface area contributed by atoms with Gasteiger partial charge in [-0.15, -0.1) is 0 Å². The van der Waals surface area contributed by atoms with Crippen LogP contribution in [-0.2, 0) is 0 Å². The first-order chi connectivity index (χ1) is 11.6. The fourth-order valence-electron chi connectivity index (χ4n) is 3.91. The van der Waals surface area contributed by atoms with Gasteiger partial charge in [0.15, 0.2) is 0 Å². The number of amides is 1. The van der Waals surface area contributed by atoms with Crippen LogP contribution < -0.4 is 5.32 Å². The number of carbonyl (C=O) groups excluding carboxylic acids is 1. The lowest BCUT2D eigenvalue weighted by atomic mass is 9.87. The van der Waals surface area contributed by atoms with Crippen molar-refractivity contribution in [3.63, 3.8) is 0 Å². The Labute approximate surface area is 139 Å². The Morgan fingerprint density at radius 2 is 2.12 bits per heavy atom. The number of rotatable bonds is 2. The molecular formula is C17H20FN5O. The summed E-state index contributed by atoms with van der Waals surface area (Å²) >= 11 is 0. The van der Waals surface area contributed by atoms with E-state index in [0.29, 0.717) is 29.8 Å². The van der Waals surface area contributed by atoms with Crippen molar-refractivity contribution in [2.24, 2.45) is 5.92 Å². The van der Waals surface area contributed by atoms with E-state index >= 15 is 0 Å². The van der Waals surface area contributed by atoms with Crippen molar-refractivity contribution in [1.82, 2.24) is 25.2 Å². The molecule has 3 heterocycles. The number of carbonyl (C=O) groups is 1. The van der Waals surface area contributed by atoms with E-state index in [1.807, 2.05) is 4.90 Å². The summed E-state index contributed by atoms with van der Waals surface area (Å²) in [6.45, 7) is 3.73. The number of likely N-dealkylation sites (tertiary alicyclic amines) is 1. The first-order valence-electron chi connectivity index (χ1n) is 8.34. The molecule has 1 amide bonds.